The molecule has 0 N–H and O–H groups in total. The first-order valence-electron chi connectivity index (χ1n) is 24.2. The van der Waals surface area contributed by atoms with Crippen molar-refractivity contribution >= 4 is 94.9 Å². The van der Waals surface area contributed by atoms with Crippen LogP contribution < -0.4 is 14.2 Å². The second-order valence-corrected chi connectivity index (χ2v) is 16.8. The molecular formula is C50H40N4O32. The van der Waals surface area contributed by atoms with Gasteiger partial charge in [-0.15, -0.1) is 0 Å². The third-order valence-corrected chi connectivity index (χ3v) is 10.7. The Morgan fingerprint density at radius 1 is 0.360 bits per heavy atom. The molecule has 0 spiro atoms. The summed E-state index contributed by atoms with van der Waals surface area (Å²) < 4.78 is 59.4. The SMILES string of the molecule is O=C(CCC(=O)OC(=O)Cc1ccc([N+](=O)[O-])cc1)OCC1OC(OC(=O)CCC(=O)OC(=O)Oc2ccc([N+](=O)[O-])cc2)C(OC(=O)CCC(=O)OC(=O)Oc2ccc([N+](=O)[O-])cc2)C1OC(=O)CCC(=O)OC(=O)Oc1ccc([N+](=O)[O-])cc1. The first-order valence-corrected chi connectivity index (χ1v) is 24.2. The number of carbonyl (C=O) groups excluding carboxylic acids is 12. The van der Waals surface area contributed by atoms with Crippen LogP contribution >= 0.6 is 0 Å². The number of benzene rings is 4. The van der Waals surface area contributed by atoms with E-state index in [-0.39, 0.29) is 45.6 Å². The lowest BCUT2D eigenvalue weighted by Gasteiger charge is -2.24. The van der Waals surface area contributed by atoms with Crippen molar-refractivity contribution in [3.63, 3.8) is 0 Å². The number of hydrogen-bond donors (Lipinski definition) is 0. The normalized spacial score (nSPS) is 14.7. The number of carbonyl (C=O) groups is 12. The zero-order chi connectivity index (χ0) is 63.0. The van der Waals surface area contributed by atoms with Crippen molar-refractivity contribution < 1.29 is 134 Å². The maximum absolute atomic E-state index is 13.4. The van der Waals surface area contributed by atoms with E-state index in [9.17, 15) is 98.0 Å². The summed E-state index contributed by atoms with van der Waals surface area (Å²) in [4.78, 5) is 193. The molecule has 36 nitrogen and oxygen atoms in total. The molecule has 452 valence electrons. The summed E-state index contributed by atoms with van der Waals surface area (Å²) in [6, 6.07) is 16.4. The molecule has 1 fully saturated rings. The van der Waals surface area contributed by atoms with Crippen LogP contribution in [0, 0.1) is 40.5 Å². The van der Waals surface area contributed by atoms with Crippen LogP contribution in [0.3, 0.4) is 0 Å². The van der Waals surface area contributed by atoms with E-state index in [1.54, 1.807) is 0 Å². The van der Waals surface area contributed by atoms with E-state index in [0.29, 0.717) is 0 Å². The quantitative estimate of drug-likeness (QED) is 0.0201. The van der Waals surface area contributed by atoms with Gasteiger partial charge in [0.15, 0.2) is 6.10 Å². The number of nitro groups is 4. The van der Waals surface area contributed by atoms with Crippen LogP contribution in [0.15, 0.2) is 97.1 Å². The van der Waals surface area contributed by atoms with E-state index in [1.165, 1.54) is 12.1 Å². The molecule has 1 aliphatic rings. The summed E-state index contributed by atoms with van der Waals surface area (Å²) in [5.74, 6) is -13.1. The fourth-order valence-corrected chi connectivity index (χ4v) is 6.67. The van der Waals surface area contributed by atoms with Crippen molar-refractivity contribution in [3.8, 4) is 17.2 Å². The van der Waals surface area contributed by atoms with Crippen LogP contribution in [-0.4, -0.2) is 123 Å². The summed E-state index contributed by atoms with van der Waals surface area (Å²) in [6.45, 7) is -1.05. The van der Waals surface area contributed by atoms with Gasteiger partial charge in [-0.05, 0) is 42.0 Å². The van der Waals surface area contributed by atoms with Gasteiger partial charge in [0.05, 0.1) is 77.5 Å². The van der Waals surface area contributed by atoms with Gasteiger partial charge in [0, 0.05) is 48.5 Å². The molecule has 4 unspecified atom stereocenters. The minimum Gasteiger partial charge on any atom is -0.463 e. The van der Waals surface area contributed by atoms with Crippen molar-refractivity contribution in [1.29, 1.82) is 0 Å². The smallest absolute Gasteiger partial charge is 0.463 e. The molecule has 0 amide bonds. The van der Waals surface area contributed by atoms with Crippen LogP contribution in [0.4, 0.5) is 37.1 Å². The predicted octanol–water partition coefficient (Wildman–Crippen LogP) is 4.91. The maximum Gasteiger partial charge on any atom is 0.521 e. The van der Waals surface area contributed by atoms with Gasteiger partial charge >= 0.3 is 72.2 Å². The number of nitro benzene ring substituents is 4. The van der Waals surface area contributed by atoms with Gasteiger partial charge in [0.2, 0.25) is 12.4 Å². The van der Waals surface area contributed by atoms with E-state index in [1.807, 2.05) is 0 Å². The van der Waals surface area contributed by atoms with E-state index >= 15 is 0 Å². The predicted molar refractivity (Wildman–Crippen MR) is 266 cm³/mol. The molecule has 36 heteroatoms. The number of ether oxygens (including phenoxy) is 12. The lowest BCUT2D eigenvalue weighted by Crippen LogP contribution is -2.43. The lowest BCUT2D eigenvalue weighted by atomic mass is 10.1. The van der Waals surface area contributed by atoms with E-state index in [4.69, 9.17) is 37.9 Å². The Kier molecular flexibility index (Phi) is 23.8. The Balaban J connectivity index is 1.28. The number of esters is 9. The molecule has 0 aliphatic carbocycles. The number of nitrogens with zero attached hydrogens (tertiary/aromatic N) is 4. The monoisotopic (exact) mass is 1210 g/mol. The van der Waals surface area contributed by atoms with Crippen LogP contribution in [0.5, 0.6) is 17.2 Å². The molecule has 4 aromatic carbocycles. The number of rotatable bonds is 26. The summed E-state index contributed by atoms with van der Waals surface area (Å²) in [5.41, 5.74) is -1.20. The Hall–Kier alpha value is -11.7. The highest BCUT2D eigenvalue weighted by molar-refractivity contribution is 5.89. The minimum atomic E-state index is -2.24. The molecule has 4 aromatic rings. The average molecular weight is 1210 g/mol. The average Bonchev–Trinajstić information content (AvgIpc) is 3.19. The van der Waals surface area contributed by atoms with Crippen LogP contribution in [-0.2, 0) is 92.2 Å². The molecule has 1 heterocycles. The van der Waals surface area contributed by atoms with Gasteiger partial charge in [-0.1, -0.05) is 12.1 Å². The van der Waals surface area contributed by atoms with E-state index < -0.39 is 181 Å². The first kappa shape index (κ1) is 65.1. The molecule has 4 atom stereocenters. The van der Waals surface area contributed by atoms with Crippen LogP contribution in [0.1, 0.15) is 56.9 Å². The van der Waals surface area contributed by atoms with Crippen molar-refractivity contribution in [2.24, 2.45) is 0 Å². The molecule has 0 radical (unpaired) electrons. The van der Waals surface area contributed by atoms with E-state index in [0.717, 1.165) is 84.9 Å². The number of hydrogen-bond acceptors (Lipinski definition) is 32. The largest absolute Gasteiger partial charge is 0.521 e. The van der Waals surface area contributed by atoms with Gasteiger partial charge < -0.3 is 56.8 Å². The van der Waals surface area contributed by atoms with Gasteiger partial charge in [0.1, 0.15) is 30.0 Å². The highest BCUT2D eigenvalue weighted by atomic mass is 16.8. The Labute approximate surface area is 477 Å². The van der Waals surface area contributed by atoms with Crippen LogP contribution in [0.2, 0.25) is 0 Å². The molecular weight excluding hydrogens is 1170 g/mol. The summed E-state index contributed by atoms with van der Waals surface area (Å²) in [6.07, 6.45) is -21.3. The lowest BCUT2D eigenvalue weighted by molar-refractivity contribution is -0.385. The summed E-state index contributed by atoms with van der Waals surface area (Å²) >= 11 is 0. The second kappa shape index (κ2) is 31.5. The summed E-state index contributed by atoms with van der Waals surface area (Å²) in [5, 5.41) is 43.7. The van der Waals surface area contributed by atoms with Gasteiger partial charge in [-0.25, -0.2) is 14.4 Å². The molecule has 5 rings (SSSR count). The third-order valence-electron chi connectivity index (χ3n) is 10.7. The van der Waals surface area contributed by atoms with Crippen molar-refractivity contribution in [1.82, 2.24) is 0 Å². The Morgan fingerprint density at radius 3 is 1.02 bits per heavy atom. The van der Waals surface area contributed by atoms with Gasteiger partial charge in [-0.3, -0.25) is 83.6 Å². The fraction of sp³-hybridized carbons (Fsp3) is 0.280. The summed E-state index contributed by atoms with van der Waals surface area (Å²) in [7, 11) is 0. The molecule has 0 bridgehead atoms. The van der Waals surface area contributed by atoms with Crippen molar-refractivity contribution in [2.75, 3.05) is 6.61 Å². The first-order chi connectivity index (χ1) is 40.8. The molecule has 1 saturated heterocycles. The van der Waals surface area contributed by atoms with Crippen molar-refractivity contribution in [2.45, 2.75) is 82.4 Å². The third kappa shape index (κ3) is 22.0. The van der Waals surface area contributed by atoms with Gasteiger partial charge in [-0.2, -0.15) is 0 Å². The maximum atomic E-state index is 13.4. The standard InChI is InChI=1S/C50H40N4O32/c55-36(17-18-37(56)80-44(63)25-27-1-3-28(4-2-27)51(67)68)75-26-35-45(81-38(57)19-22-41(60)84-48(64)76-32-11-5-29(6-12-32)52(69)70)46(82-39(58)20-23-42(61)85-49(65)77-33-13-7-30(8-14-33)53(71)72)47(79-35)83-40(59)21-24-43(62)86-50(66)78-34-15-9-31(10-16-34)54(73)74/h1-16,35,45-47H,17-26H2. The fourth-order valence-electron chi connectivity index (χ4n) is 6.67. The zero-order valence-electron chi connectivity index (χ0n) is 43.5. The topological polar surface area (TPSA) is 488 Å². The minimum absolute atomic E-state index is 0.222. The molecule has 0 aromatic heterocycles. The van der Waals surface area contributed by atoms with Crippen LogP contribution in [0.25, 0.3) is 0 Å². The zero-order valence-corrected chi connectivity index (χ0v) is 43.5. The Bertz CT molecular complexity index is 3270. The van der Waals surface area contributed by atoms with Gasteiger partial charge in [0.25, 0.3) is 22.7 Å². The second-order valence-electron chi connectivity index (χ2n) is 16.8. The number of non-ortho nitro benzene ring substituents is 4. The molecule has 1 aliphatic heterocycles. The van der Waals surface area contributed by atoms with Crippen molar-refractivity contribution in [3.05, 3.63) is 143 Å². The highest BCUT2D eigenvalue weighted by Gasteiger charge is 2.52. The highest BCUT2D eigenvalue weighted by Crippen LogP contribution is 2.31. The molecule has 86 heavy (non-hydrogen) atoms. The Morgan fingerprint density at radius 2 is 0.663 bits per heavy atom. The molecule has 0 saturated carbocycles. The van der Waals surface area contributed by atoms with E-state index in [2.05, 4.69) is 18.9 Å².